The summed E-state index contributed by atoms with van der Waals surface area (Å²) in [5.41, 5.74) is 1.68. The van der Waals surface area contributed by atoms with Gasteiger partial charge < -0.3 is 5.32 Å². The van der Waals surface area contributed by atoms with Crippen LogP contribution >= 0.6 is 12.6 Å². The number of benzene rings is 2. The molecule has 2 rings (SSSR count). The lowest BCUT2D eigenvalue weighted by Gasteiger charge is -2.12. The van der Waals surface area contributed by atoms with E-state index in [0.717, 1.165) is 6.42 Å². The van der Waals surface area contributed by atoms with Gasteiger partial charge in [-0.15, -0.1) is 12.6 Å². The number of hydrogen-bond acceptors (Lipinski definition) is 2. The van der Waals surface area contributed by atoms with E-state index >= 15 is 0 Å². The van der Waals surface area contributed by atoms with E-state index < -0.39 is 5.82 Å². The van der Waals surface area contributed by atoms with Crippen molar-refractivity contribution in [2.45, 2.75) is 24.2 Å². The van der Waals surface area contributed by atoms with Crippen molar-refractivity contribution in [1.82, 2.24) is 5.32 Å². The van der Waals surface area contributed by atoms with Crippen LogP contribution in [0.25, 0.3) is 0 Å². The zero-order chi connectivity index (χ0) is 15.2. The average Bonchev–Trinajstić information content (AvgIpc) is 2.50. The molecule has 2 aromatic rings. The average molecular weight is 303 g/mol. The minimum absolute atomic E-state index is 0.181. The first-order valence-corrected chi connectivity index (χ1v) is 7.34. The maximum atomic E-state index is 13.1. The summed E-state index contributed by atoms with van der Waals surface area (Å²) >= 11 is 3.98. The van der Waals surface area contributed by atoms with Crippen molar-refractivity contribution in [2.75, 3.05) is 6.54 Å². The Morgan fingerprint density at radius 3 is 2.62 bits per heavy atom. The Balaban J connectivity index is 1.85. The number of rotatable bonds is 5. The molecule has 0 fully saturated rings. The Bertz CT molecular complexity index is 615. The Morgan fingerprint density at radius 2 is 1.95 bits per heavy atom. The number of nitrogens with one attached hydrogen (secondary N) is 1. The van der Waals surface area contributed by atoms with Crippen LogP contribution in [0, 0.1) is 5.82 Å². The fraction of sp³-hybridized carbons (Fsp3) is 0.235. The molecule has 0 radical (unpaired) electrons. The van der Waals surface area contributed by atoms with Crippen LogP contribution in [0.15, 0.2) is 53.4 Å². The van der Waals surface area contributed by atoms with Crippen molar-refractivity contribution >= 4 is 18.5 Å². The van der Waals surface area contributed by atoms with Crippen molar-refractivity contribution in [2.24, 2.45) is 0 Å². The largest absolute Gasteiger partial charge is 0.352 e. The van der Waals surface area contributed by atoms with Crippen molar-refractivity contribution in [1.29, 1.82) is 0 Å². The maximum Gasteiger partial charge on any atom is 0.251 e. The van der Waals surface area contributed by atoms with E-state index in [1.807, 2.05) is 18.2 Å². The van der Waals surface area contributed by atoms with Gasteiger partial charge in [0.15, 0.2) is 0 Å². The molecule has 0 saturated heterocycles. The topological polar surface area (TPSA) is 29.1 Å². The highest BCUT2D eigenvalue weighted by atomic mass is 32.1. The number of amides is 1. The van der Waals surface area contributed by atoms with E-state index in [2.05, 4.69) is 37.0 Å². The first-order valence-electron chi connectivity index (χ1n) is 6.89. The lowest BCUT2D eigenvalue weighted by Crippen LogP contribution is -2.25. The molecule has 1 N–H and O–H groups in total. The summed E-state index contributed by atoms with van der Waals surface area (Å²) in [6.07, 6.45) is 0.852. The van der Waals surface area contributed by atoms with Gasteiger partial charge in [0, 0.05) is 17.0 Å². The molecule has 110 valence electrons. The summed E-state index contributed by atoms with van der Waals surface area (Å²) in [5, 5.41) is 2.85. The van der Waals surface area contributed by atoms with Gasteiger partial charge in [0.25, 0.3) is 5.91 Å². The number of carbonyl (C=O) groups is 1. The molecule has 0 aliphatic heterocycles. The third-order valence-corrected chi connectivity index (χ3v) is 3.78. The maximum absolute atomic E-state index is 13.1. The van der Waals surface area contributed by atoms with Crippen molar-refractivity contribution in [3.05, 3.63) is 65.5 Å². The molecule has 0 aromatic heterocycles. The molecule has 0 aliphatic rings. The second kappa shape index (κ2) is 7.27. The van der Waals surface area contributed by atoms with Crippen LogP contribution in [0.4, 0.5) is 4.39 Å². The van der Waals surface area contributed by atoms with Gasteiger partial charge in [-0.1, -0.05) is 37.3 Å². The van der Waals surface area contributed by atoms with Crippen LogP contribution in [-0.4, -0.2) is 12.5 Å². The Kier molecular flexibility index (Phi) is 5.39. The molecule has 21 heavy (non-hydrogen) atoms. The molecule has 0 bridgehead atoms. The van der Waals surface area contributed by atoms with Crippen molar-refractivity contribution in [3.63, 3.8) is 0 Å². The smallest absolute Gasteiger partial charge is 0.251 e. The van der Waals surface area contributed by atoms with Crippen LogP contribution in [0.2, 0.25) is 0 Å². The van der Waals surface area contributed by atoms with Gasteiger partial charge in [0.2, 0.25) is 0 Å². The van der Waals surface area contributed by atoms with E-state index in [9.17, 15) is 9.18 Å². The highest BCUT2D eigenvalue weighted by Gasteiger charge is 2.09. The van der Waals surface area contributed by atoms with Crippen LogP contribution in [0.3, 0.4) is 0 Å². The molecular formula is C17H18FNOS. The van der Waals surface area contributed by atoms with E-state index in [0.29, 0.717) is 18.0 Å². The van der Waals surface area contributed by atoms with Gasteiger partial charge in [-0.05, 0) is 36.1 Å². The number of carbonyl (C=O) groups excluding carboxylic acids is 1. The molecule has 1 amide bonds. The molecule has 1 atom stereocenters. The molecule has 2 aromatic carbocycles. The highest BCUT2D eigenvalue weighted by Crippen LogP contribution is 2.18. The summed E-state index contributed by atoms with van der Waals surface area (Å²) < 4.78 is 13.1. The summed E-state index contributed by atoms with van der Waals surface area (Å²) in [6, 6.07) is 14.3. The lowest BCUT2D eigenvalue weighted by atomic mass is 9.98. The molecule has 4 heteroatoms. The first kappa shape index (κ1) is 15.6. The van der Waals surface area contributed by atoms with Crippen molar-refractivity contribution < 1.29 is 9.18 Å². The number of halogens is 1. The highest BCUT2D eigenvalue weighted by molar-refractivity contribution is 7.80. The van der Waals surface area contributed by atoms with Crippen LogP contribution < -0.4 is 5.32 Å². The number of thiol groups is 1. The molecule has 0 spiro atoms. The fourth-order valence-electron chi connectivity index (χ4n) is 2.11. The normalized spacial score (nSPS) is 12.0. The summed E-state index contributed by atoms with van der Waals surface area (Å²) in [5.74, 6) is -0.252. The first-order chi connectivity index (χ1) is 10.1. The lowest BCUT2D eigenvalue weighted by molar-refractivity contribution is 0.0952. The summed E-state index contributed by atoms with van der Waals surface area (Å²) in [4.78, 5) is 12.1. The van der Waals surface area contributed by atoms with Crippen LogP contribution in [0.5, 0.6) is 0 Å². The molecule has 1 unspecified atom stereocenters. The Morgan fingerprint density at radius 1 is 1.24 bits per heavy atom. The third-order valence-electron chi connectivity index (χ3n) is 3.44. The summed E-state index contributed by atoms with van der Waals surface area (Å²) in [6.45, 7) is 2.71. The van der Waals surface area contributed by atoms with Gasteiger partial charge in [0.1, 0.15) is 5.82 Å². The monoisotopic (exact) mass is 303 g/mol. The minimum Gasteiger partial charge on any atom is -0.352 e. The predicted molar refractivity (Wildman–Crippen MR) is 85.5 cm³/mol. The van der Waals surface area contributed by atoms with Crippen molar-refractivity contribution in [3.8, 4) is 0 Å². The van der Waals surface area contributed by atoms with Crippen LogP contribution in [0.1, 0.15) is 35.2 Å². The SMILES string of the molecule is CC(CCNC(=O)c1ccc(F)c(S)c1)c1ccccc1. The Hall–Kier alpha value is -1.81. The Labute approximate surface area is 129 Å². The zero-order valence-electron chi connectivity index (χ0n) is 11.8. The van der Waals surface area contributed by atoms with E-state index in [1.54, 1.807) is 0 Å². The van der Waals surface area contributed by atoms with Gasteiger partial charge in [-0.3, -0.25) is 4.79 Å². The second-order valence-electron chi connectivity index (χ2n) is 5.02. The van der Waals surface area contributed by atoms with E-state index in [4.69, 9.17) is 0 Å². The quantitative estimate of drug-likeness (QED) is 0.802. The van der Waals surface area contributed by atoms with Gasteiger partial charge in [-0.25, -0.2) is 4.39 Å². The molecule has 0 heterocycles. The zero-order valence-corrected chi connectivity index (χ0v) is 12.7. The molecular weight excluding hydrogens is 285 g/mol. The van der Waals surface area contributed by atoms with Gasteiger partial charge >= 0.3 is 0 Å². The standard InChI is InChI=1S/C17H18FNOS/c1-12(13-5-3-2-4-6-13)9-10-19-17(20)14-7-8-15(18)16(21)11-14/h2-8,11-12,21H,9-10H2,1H3,(H,19,20). The fourth-order valence-corrected chi connectivity index (χ4v) is 2.32. The van der Waals surface area contributed by atoms with E-state index in [1.165, 1.54) is 23.8 Å². The van der Waals surface area contributed by atoms with Gasteiger partial charge in [-0.2, -0.15) is 0 Å². The third kappa shape index (κ3) is 4.33. The van der Waals surface area contributed by atoms with Crippen LogP contribution in [-0.2, 0) is 0 Å². The molecule has 2 nitrogen and oxygen atoms in total. The summed E-state index contributed by atoms with van der Waals surface area (Å²) in [7, 11) is 0. The minimum atomic E-state index is -0.424. The molecule has 0 aliphatic carbocycles. The van der Waals surface area contributed by atoms with Gasteiger partial charge in [0.05, 0.1) is 0 Å². The number of hydrogen-bond donors (Lipinski definition) is 2. The second-order valence-corrected chi connectivity index (χ2v) is 5.50. The molecule has 0 saturated carbocycles. The van der Waals surface area contributed by atoms with E-state index in [-0.39, 0.29) is 10.8 Å². The predicted octanol–water partition coefficient (Wildman–Crippen LogP) is 4.04.